The number of hydrogen-bond donors (Lipinski definition) is 0. The zero-order valence-electron chi connectivity index (χ0n) is 14.8. The van der Waals surface area contributed by atoms with Crippen molar-refractivity contribution in [2.45, 2.75) is 25.8 Å². The molecule has 0 N–H and O–H groups in total. The topological polar surface area (TPSA) is 91.4 Å². The summed E-state index contributed by atoms with van der Waals surface area (Å²) in [6.07, 6.45) is -5.27. The zero-order chi connectivity index (χ0) is 21.3. The maximum atomic E-state index is 13.1. The number of hydrogen-bond acceptors (Lipinski definition) is 7. The monoisotopic (exact) mass is 427 g/mol. The van der Waals surface area contributed by atoms with Gasteiger partial charge in [0.2, 0.25) is 0 Å². The van der Waals surface area contributed by atoms with E-state index in [-0.39, 0.29) is 17.9 Å². The summed E-state index contributed by atoms with van der Waals surface area (Å²) in [6.45, 7) is 1.64. The highest BCUT2D eigenvalue weighted by atomic mass is 35.5. The summed E-state index contributed by atoms with van der Waals surface area (Å²) in [4.78, 5) is 22.0. The molecule has 1 aliphatic rings. The van der Waals surface area contributed by atoms with Crippen molar-refractivity contribution in [2.75, 3.05) is 5.01 Å². The molecule has 0 aliphatic carbocycles. The summed E-state index contributed by atoms with van der Waals surface area (Å²) < 4.78 is 39.3. The van der Waals surface area contributed by atoms with E-state index in [1.807, 2.05) is 0 Å². The molecule has 2 aromatic rings. The SMILES string of the molecule is Cc1cc(CN2N=NN(c3ccc(Cl)c(C(F)(F)F)c3)C2C=O)ccc1[N+](=O)[O-]. The van der Waals surface area contributed by atoms with Gasteiger partial charge in [0.1, 0.15) is 0 Å². The number of carbonyl (C=O) groups excluding carboxylic acids is 1. The van der Waals surface area contributed by atoms with Crippen LogP contribution in [0.5, 0.6) is 0 Å². The summed E-state index contributed by atoms with van der Waals surface area (Å²) in [7, 11) is 0. The van der Waals surface area contributed by atoms with Crippen molar-refractivity contribution >= 4 is 29.3 Å². The van der Waals surface area contributed by atoms with E-state index in [1.165, 1.54) is 23.2 Å². The summed E-state index contributed by atoms with van der Waals surface area (Å²) in [5.41, 5.74) is -0.0689. The van der Waals surface area contributed by atoms with Crippen LogP contribution >= 0.6 is 11.6 Å². The first-order valence-electron chi connectivity index (χ1n) is 8.15. The van der Waals surface area contributed by atoms with Gasteiger partial charge in [-0.2, -0.15) is 13.2 Å². The van der Waals surface area contributed by atoms with Crippen molar-refractivity contribution in [3.63, 3.8) is 0 Å². The van der Waals surface area contributed by atoms with Gasteiger partial charge < -0.3 is 0 Å². The Morgan fingerprint density at radius 2 is 1.97 bits per heavy atom. The molecular formula is C17H13ClF3N5O3. The molecule has 2 aromatic carbocycles. The van der Waals surface area contributed by atoms with Crippen LogP contribution in [0.25, 0.3) is 0 Å². The number of aryl methyl sites for hydroxylation is 1. The standard InChI is InChI=1S/C17H13ClF3N5O3/c1-10-6-11(2-5-15(10)26(28)29)8-24-16(9-27)25(23-22-24)12-3-4-14(18)13(7-12)17(19,20)21/h2-7,9,16H,8H2,1H3. The Balaban J connectivity index is 1.84. The normalized spacial score (nSPS) is 16.4. The van der Waals surface area contributed by atoms with Gasteiger partial charge in [-0.05, 0) is 42.0 Å². The van der Waals surface area contributed by atoms with Crippen molar-refractivity contribution in [1.29, 1.82) is 0 Å². The predicted molar refractivity (Wildman–Crippen MR) is 97.0 cm³/mol. The highest BCUT2D eigenvalue weighted by Gasteiger charge is 2.36. The number of halogens is 4. The number of nitro groups is 1. The Morgan fingerprint density at radius 3 is 2.55 bits per heavy atom. The van der Waals surface area contributed by atoms with Crippen LogP contribution in [0.3, 0.4) is 0 Å². The number of benzene rings is 2. The smallest absolute Gasteiger partial charge is 0.299 e. The number of anilines is 1. The fourth-order valence-corrected chi connectivity index (χ4v) is 3.09. The Labute approximate surface area is 167 Å². The van der Waals surface area contributed by atoms with Gasteiger partial charge in [-0.15, -0.1) is 0 Å². The summed E-state index contributed by atoms with van der Waals surface area (Å²) >= 11 is 5.62. The molecule has 0 saturated heterocycles. The van der Waals surface area contributed by atoms with E-state index in [2.05, 4.69) is 10.4 Å². The van der Waals surface area contributed by atoms with Gasteiger partial charge in [0.15, 0.2) is 12.5 Å². The molecule has 0 radical (unpaired) electrons. The fourth-order valence-electron chi connectivity index (χ4n) is 2.86. The number of carbonyl (C=O) groups is 1. The zero-order valence-corrected chi connectivity index (χ0v) is 15.6. The van der Waals surface area contributed by atoms with Crippen LogP contribution < -0.4 is 5.01 Å². The third kappa shape index (κ3) is 4.14. The molecule has 1 unspecified atom stereocenters. The molecule has 152 valence electrons. The van der Waals surface area contributed by atoms with E-state index < -0.39 is 27.9 Å². The maximum absolute atomic E-state index is 13.1. The number of nitrogens with zero attached hydrogens (tertiary/aromatic N) is 5. The van der Waals surface area contributed by atoms with Gasteiger partial charge in [0, 0.05) is 11.6 Å². The molecule has 0 fully saturated rings. The van der Waals surface area contributed by atoms with Crippen molar-refractivity contribution < 1.29 is 22.9 Å². The van der Waals surface area contributed by atoms with Gasteiger partial charge in [-0.25, -0.2) is 10.0 Å². The average molecular weight is 428 g/mol. The molecule has 12 heteroatoms. The first kappa shape index (κ1) is 20.5. The van der Waals surface area contributed by atoms with Gasteiger partial charge >= 0.3 is 6.18 Å². The summed E-state index contributed by atoms with van der Waals surface area (Å²) in [5, 5.41) is 20.4. The van der Waals surface area contributed by atoms with Crippen LogP contribution in [0.15, 0.2) is 46.8 Å². The lowest BCUT2D eigenvalue weighted by Gasteiger charge is -2.24. The molecule has 0 aromatic heterocycles. The Bertz CT molecular complexity index is 999. The van der Waals surface area contributed by atoms with E-state index in [0.29, 0.717) is 17.4 Å². The van der Waals surface area contributed by atoms with E-state index >= 15 is 0 Å². The molecule has 1 aliphatic heterocycles. The molecule has 1 atom stereocenters. The van der Waals surface area contributed by atoms with Gasteiger partial charge in [-0.3, -0.25) is 14.9 Å². The van der Waals surface area contributed by atoms with Crippen molar-refractivity contribution in [1.82, 2.24) is 5.01 Å². The Hall–Kier alpha value is -3.21. The van der Waals surface area contributed by atoms with E-state index in [0.717, 1.165) is 17.1 Å². The maximum Gasteiger partial charge on any atom is 0.417 e. The molecular weight excluding hydrogens is 415 g/mol. The van der Waals surface area contributed by atoms with E-state index in [4.69, 9.17) is 11.6 Å². The molecule has 8 nitrogen and oxygen atoms in total. The van der Waals surface area contributed by atoms with Crippen molar-refractivity contribution in [2.24, 2.45) is 10.4 Å². The van der Waals surface area contributed by atoms with Crippen LogP contribution in [0.2, 0.25) is 5.02 Å². The predicted octanol–water partition coefficient (Wildman–Crippen LogP) is 4.70. The second kappa shape index (κ2) is 7.66. The molecule has 0 saturated carbocycles. The van der Waals surface area contributed by atoms with E-state index in [9.17, 15) is 28.1 Å². The Morgan fingerprint density at radius 1 is 1.24 bits per heavy atom. The molecule has 3 rings (SSSR count). The highest BCUT2D eigenvalue weighted by Crippen LogP contribution is 2.38. The average Bonchev–Trinajstić information content (AvgIpc) is 3.03. The van der Waals surface area contributed by atoms with Crippen LogP contribution in [0, 0.1) is 17.0 Å². The number of alkyl halides is 3. The largest absolute Gasteiger partial charge is 0.417 e. The van der Waals surface area contributed by atoms with Crippen LogP contribution in [-0.4, -0.2) is 22.4 Å². The first-order chi connectivity index (χ1) is 13.6. The lowest BCUT2D eigenvalue weighted by atomic mass is 10.1. The lowest BCUT2D eigenvalue weighted by molar-refractivity contribution is -0.385. The number of nitro benzene ring substituents is 1. The van der Waals surface area contributed by atoms with Crippen molar-refractivity contribution in [3.05, 3.63) is 68.2 Å². The number of aldehydes is 1. The molecule has 29 heavy (non-hydrogen) atoms. The van der Waals surface area contributed by atoms with Crippen LogP contribution in [-0.2, 0) is 17.5 Å². The molecule has 0 amide bonds. The minimum atomic E-state index is -4.67. The second-order valence-corrected chi connectivity index (χ2v) is 6.62. The highest BCUT2D eigenvalue weighted by molar-refractivity contribution is 6.31. The molecule has 0 spiro atoms. The van der Waals surface area contributed by atoms with Gasteiger partial charge in [-0.1, -0.05) is 22.9 Å². The van der Waals surface area contributed by atoms with Gasteiger partial charge in [0.05, 0.1) is 27.7 Å². The lowest BCUT2D eigenvalue weighted by Crippen LogP contribution is -2.39. The fraction of sp³-hybridized carbons (Fsp3) is 0.235. The minimum Gasteiger partial charge on any atom is -0.299 e. The Kier molecular flexibility index (Phi) is 5.42. The van der Waals surface area contributed by atoms with Gasteiger partial charge in [0.25, 0.3) is 5.69 Å². The third-order valence-electron chi connectivity index (χ3n) is 4.25. The van der Waals surface area contributed by atoms with Crippen molar-refractivity contribution in [3.8, 4) is 0 Å². The quantitative estimate of drug-likeness (QED) is 0.391. The minimum absolute atomic E-state index is 0.00930. The summed E-state index contributed by atoms with van der Waals surface area (Å²) in [5.74, 6) is 0. The number of rotatable bonds is 5. The molecule has 0 bridgehead atoms. The van der Waals surface area contributed by atoms with Crippen LogP contribution in [0.4, 0.5) is 24.5 Å². The molecule has 1 heterocycles. The summed E-state index contributed by atoms with van der Waals surface area (Å²) in [6, 6.07) is 7.57. The van der Waals surface area contributed by atoms with Crippen LogP contribution in [0.1, 0.15) is 16.7 Å². The first-order valence-corrected chi connectivity index (χ1v) is 8.53. The second-order valence-electron chi connectivity index (χ2n) is 6.21. The van der Waals surface area contributed by atoms with E-state index in [1.54, 1.807) is 13.0 Å². The third-order valence-corrected chi connectivity index (χ3v) is 4.58.